The standard InChI is InChI=1S/C52H34BN3O/c1-5-17-36(18-6-1)54(37-19-7-2-8-20-37)40-30-32-41-35(33-40)29-31-42-43-34-47-49-52(51(43)56(50(41)42)39-23-11-4-12-24-39)57-48-28-16-14-26-45(48)53(49)44-25-13-15-27-46(44)55(47)38-21-9-3-10-22-38/h1-34H. The van der Waals surface area contributed by atoms with Crippen LogP contribution in [0.1, 0.15) is 0 Å². The topological polar surface area (TPSA) is 20.6 Å². The highest BCUT2D eigenvalue weighted by Gasteiger charge is 2.43. The third-order valence-electron chi connectivity index (χ3n) is 11.8. The van der Waals surface area contributed by atoms with Crippen LogP contribution in [-0.2, 0) is 0 Å². The fourth-order valence-corrected chi connectivity index (χ4v) is 9.41. The Morgan fingerprint density at radius 3 is 1.74 bits per heavy atom. The SMILES string of the molecule is c1ccc(N(c2ccccc2)c2ccc3c(ccc4c5cc6c7c(c5n(-c5ccccc5)c34)Oc3ccccc3B7c3ccccc3N6c3ccccc3)c2)cc1. The highest BCUT2D eigenvalue weighted by atomic mass is 16.5. The van der Waals surface area contributed by atoms with E-state index in [0.29, 0.717) is 0 Å². The quantitative estimate of drug-likeness (QED) is 0.165. The maximum atomic E-state index is 7.23. The molecule has 0 bridgehead atoms. The third kappa shape index (κ3) is 4.76. The van der Waals surface area contributed by atoms with Crippen molar-refractivity contribution in [3.63, 3.8) is 0 Å². The first-order valence-corrected chi connectivity index (χ1v) is 19.6. The van der Waals surface area contributed by atoms with Gasteiger partial charge in [0.15, 0.2) is 0 Å². The Kier molecular flexibility index (Phi) is 6.99. The zero-order valence-corrected chi connectivity index (χ0v) is 31.0. The molecule has 0 N–H and O–H groups in total. The van der Waals surface area contributed by atoms with Gasteiger partial charge in [-0.05, 0) is 101 Å². The van der Waals surface area contributed by atoms with Gasteiger partial charge in [0.1, 0.15) is 11.5 Å². The van der Waals surface area contributed by atoms with Crippen LogP contribution in [0.15, 0.2) is 206 Å². The van der Waals surface area contributed by atoms with Gasteiger partial charge >= 0.3 is 0 Å². The molecule has 0 radical (unpaired) electrons. The van der Waals surface area contributed by atoms with Gasteiger partial charge < -0.3 is 19.1 Å². The van der Waals surface area contributed by atoms with Crippen molar-refractivity contribution in [3.8, 4) is 17.2 Å². The van der Waals surface area contributed by atoms with E-state index in [4.69, 9.17) is 4.74 Å². The van der Waals surface area contributed by atoms with E-state index in [-0.39, 0.29) is 6.71 Å². The van der Waals surface area contributed by atoms with Crippen LogP contribution in [-0.4, -0.2) is 11.3 Å². The first-order valence-electron chi connectivity index (χ1n) is 19.6. The van der Waals surface area contributed by atoms with Gasteiger partial charge in [-0.1, -0.05) is 127 Å². The predicted molar refractivity (Wildman–Crippen MR) is 239 cm³/mol. The molecule has 0 atom stereocenters. The number of ether oxygens (including phenoxy) is 1. The summed E-state index contributed by atoms with van der Waals surface area (Å²) in [5.74, 6) is 1.81. The van der Waals surface area contributed by atoms with Crippen LogP contribution in [0.3, 0.4) is 0 Å². The molecule has 0 unspecified atom stereocenters. The summed E-state index contributed by atoms with van der Waals surface area (Å²) in [6.45, 7) is 0.00371. The zero-order valence-electron chi connectivity index (χ0n) is 31.0. The van der Waals surface area contributed by atoms with Crippen LogP contribution in [0.25, 0.3) is 38.3 Å². The minimum absolute atomic E-state index is 0.00371. The van der Waals surface area contributed by atoms with E-state index in [1.807, 2.05) is 0 Å². The molecule has 2 aliphatic rings. The van der Waals surface area contributed by atoms with Crippen molar-refractivity contribution in [1.29, 1.82) is 0 Å². The number of hydrogen-bond acceptors (Lipinski definition) is 3. The number of fused-ring (bicyclic) bond motifs is 10. The highest BCUT2D eigenvalue weighted by Crippen LogP contribution is 2.48. The molecule has 9 aromatic carbocycles. The Hall–Kier alpha value is -7.50. The van der Waals surface area contributed by atoms with Gasteiger partial charge in [-0.3, -0.25) is 0 Å². The molecule has 12 rings (SSSR count). The van der Waals surface area contributed by atoms with Gasteiger partial charge in [0.2, 0.25) is 0 Å². The van der Waals surface area contributed by atoms with Gasteiger partial charge in [0, 0.05) is 56.0 Å². The molecule has 0 spiro atoms. The molecule has 4 nitrogen and oxygen atoms in total. The number of aromatic nitrogens is 1. The van der Waals surface area contributed by atoms with Gasteiger partial charge in [-0.2, -0.15) is 0 Å². The first-order chi connectivity index (χ1) is 28.3. The van der Waals surface area contributed by atoms with E-state index in [9.17, 15) is 0 Å². The predicted octanol–water partition coefficient (Wildman–Crippen LogP) is 11.8. The molecule has 1 aromatic heterocycles. The molecular weight excluding hydrogens is 693 g/mol. The first kappa shape index (κ1) is 31.8. The minimum atomic E-state index is 0.00371. The smallest absolute Gasteiger partial charge is 0.256 e. The fourth-order valence-electron chi connectivity index (χ4n) is 9.41. The number of para-hydroxylation sites is 6. The van der Waals surface area contributed by atoms with Crippen molar-refractivity contribution in [3.05, 3.63) is 206 Å². The maximum Gasteiger partial charge on any atom is 0.256 e. The molecule has 0 amide bonds. The van der Waals surface area contributed by atoms with Crippen molar-refractivity contribution >= 4 is 89.8 Å². The van der Waals surface area contributed by atoms with Crippen LogP contribution in [0.5, 0.6) is 11.5 Å². The molecule has 2 aliphatic heterocycles. The minimum Gasteiger partial charge on any atom is -0.456 e. The van der Waals surface area contributed by atoms with Gasteiger partial charge in [-0.25, -0.2) is 0 Å². The Labute approximate surface area is 331 Å². The van der Waals surface area contributed by atoms with E-state index in [1.165, 1.54) is 32.8 Å². The lowest BCUT2D eigenvalue weighted by Crippen LogP contribution is -2.59. The summed E-state index contributed by atoms with van der Waals surface area (Å²) in [5, 5.41) is 4.68. The molecule has 3 heterocycles. The summed E-state index contributed by atoms with van der Waals surface area (Å²) in [5.41, 5.74) is 13.8. The fraction of sp³-hybridized carbons (Fsp3) is 0. The Bertz CT molecular complexity index is 3130. The van der Waals surface area contributed by atoms with Crippen molar-refractivity contribution in [1.82, 2.24) is 4.57 Å². The molecule has 0 aliphatic carbocycles. The molecule has 266 valence electrons. The molecule has 57 heavy (non-hydrogen) atoms. The van der Waals surface area contributed by atoms with E-state index in [1.54, 1.807) is 0 Å². The summed E-state index contributed by atoms with van der Waals surface area (Å²) in [7, 11) is 0. The summed E-state index contributed by atoms with van der Waals surface area (Å²) in [6.07, 6.45) is 0. The number of rotatable bonds is 5. The van der Waals surface area contributed by atoms with Crippen molar-refractivity contribution in [2.45, 2.75) is 0 Å². The van der Waals surface area contributed by atoms with E-state index in [2.05, 4.69) is 221 Å². The zero-order chi connectivity index (χ0) is 37.5. The van der Waals surface area contributed by atoms with E-state index in [0.717, 1.165) is 67.4 Å². The molecular formula is C52H34BN3O. The van der Waals surface area contributed by atoms with Crippen molar-refractivity contribution in [2.24, 2.45) is 0 Å². The Balaban J connectivity index is 1.19. The Morgan fingerprint density at radius 2 is 1.02 bits per heavy atom. The van der Waals surface area contributed by atoms with Crippen LogP contribution in [0.2, 0.25) is 0 Å². The van der Waals surface area contributed by atoms with E-state index >= 15 is 0 Å². The summed E-state index contributed by atoms with van der Waals surface area (Å²) in [6, 6.07) is 74.1. The second kappa shape index (κ2) is 12.5. The van der Waals surface area contributed by atoms with Gasteiger partial charge in [0.25, 0.3) is 6.71 Å². The summed E-state index contributed by atoms with van der Waals surface area (Å²) in [4.78, 5) is 4.76. The van der Waals surface area contributed by atoms with E-state index < -0.39 is 0 Å². The highest BCUT2D eigenvalue weighted by molar-refractivity contribution is 6.99. The average Bonchev–Trinajstić information content (AvgIpc) is 3.62. The van der Waals surface area contributed by atoms with Crippen molar-refractivity contribution in [2.75, 3.05) is 9.80 Å². The van der Waals surface area contributed by atoms with Crippen molar-refractivity contribution < 1.29 is 4.74 Å². The average molecular weight is 728 g/mol. The van der Waals surface area contributed by atoms with Gasteiger partial charge in [-0.15, -0.1) is 0 Å². The second-order valence-electron chi connectivity index (χ2n) is 14.9. The maximum absolute atomic E-state index is 7.23. The normalized spacial score (nSPS) is 12.6. The third-order valence-corrected chi connectivity index (χ3v) is 11.8. The molecule has 0 saturated heterocycles. The lowest BCUT2D eigenvalue weighted by atomic mass is 9.34. The lowest BCUT2D eigenvalue weighted by molar-refractivity contribution is 0.491. The number of nitrogens with zero attached hydrogens (tertiary/aromatic N) is 3. The van der Waals surface area contributed by atoms with Crippen LogP contribution < -0.4 is 30.9 Å². The van der Waals surface area contributed by atoms with Crippen LogP contribution in [0.4, 0.5) is 34.1 Å². The summed E-state index contributed by atoms with van der Waals surface area (Å²) >= 11 is 0. The monoisotopic (exact) mass is 727 g/mol. The molecule has 0 saturated carbocycles. The van der Waals surface area contributed by atoms with Crippen LogP contribution in [0, 0.1) is 0 Å². The molecule has 5 heteroatoms. The molecule has 0 fully saturated rings. The van der Waals surface area contributed by atoms with Gasteiger partial charge in [0.05, 0.1) is 11.0 Å². The number of benzene rings is 9. The number of anilines is 6. The summed E-state index contributed by atoms with van der Waals surface area (Å²) < 4.78 is 9.69. The molecule has 10 aromatic rings. The second-order valence-corrected chi connectivity index (χ2v) is 14.9. The van der Waals surface area contributed by atoms with Crippen LogP contribution >= 0.6 is 0 Å². The largest absolute Gasteiger partial charge is 0.456 e. The Morgan fingerprint density at radius 1 is 0.421 bits per heavy atom. The lowest BCUT2D eigenvalue weighted by Gasteiger charge is -2.40. The number of hydrogen-bond donors (Lipinski definition) is 0.